The van der Waals surface area contributed by atoms with Crippen LogP contribution in [0.1, 0.15) is 42.9 Å². The van der Waals surface area contributed by atoms with Gasteiger partial charge in [-0.05, 0) is 41.9 Å². The summed E-state index contributed by atoms with van der Waals surface area (Å²) in [7, 11) is -6.68. The van der Waals surface area contributed by atoms with Crippen molar-refractivity contribution in [3.05, 3.63) is 76.2 Å². The number of nitrogens with zero attached hydrogens (tertiary/aromatic N) is 3. The van der Waals surface area contributed by atoms with Crippen molar-refractivity contribution in [1.82, 2.24) is 0 Å². The maximum absolute atomic E-state index is 12.9. The molecule has 0 heterocycles. The van der Waals surface area contributed by atoms with Crippen LogP contribution in [0.3, 0.4) is 0 Å². The van der Waals surface area contributed by atoms with E-state index >= 15 is 0 Å². The van der Waals surface area contributed by atoms with Gasteiger partial charge in [0.05, 0.1) is 10.5 Å². The summed E-state index contributed by atoms with van der Waals surface area (Å²) in [6.07, 6.45) is -1.57. The van der Waals surface area contributed by atoms with E-state index in [9.17, 15) is 13.2 Å². The second-order valence-corrected chi connectivity index (χ2v) is 14.5. The highest BCUT2D eigenvalue weighted by atomic mass is 32.2. The van der Waals surface area contributed by atoms with Crippen LogP contribution in [0.25, 0.3) is 10.4 Å². The molecule has 0 saturated carbocycles. The largest absolute Gasteiger partial charge is 0.516 e. The van der Waals surface area contributed by atoms with E-state index in [4.69, 9.17) is 14.1 Å². The highest BCUT2D eigenvalue weighted by Crippen LogP contribution is 2.37. The van der Waals surface area contributed by atoms with Crippen LogP contribution in [-0.4, -0.2) is 22.7 Å². The molecular weight excluding hydrogens is 422 g/mol. The van der Waals surface area contributed by atoms with Gasteiger partial charge in [0.15, 0.2) is 6.23 Å². The predicted octanol–water partition coefficient (Wildman–Crippen LogP) is 5.56. The zero-order valence-electron chi connectivity index (χ0n) is 17.6. The van der Waals surface area contributed by atoms with Crippen LogP contribution in [0.2, 0.25) is 18.1 Å². The molecule has 160 valence electrons. The molecule has 0 spiro atoms. The third kappa shape index (κ3) is 5.48. The fraction of sp³-hybridized carbons (Fsp3) is 0.350. The van der Waals surface area contributed by atoms with Crippen molar-refractivity contribution in [2.45, 2.75) is 50.0 Å². The number of hydrogen-bond donors (Lipinski definition) is 0. The number of carbonyl (C=O) groups is 1. The van der Waals surface area contributed by atoms with Crippen molar-refractivity contribution in [3.63, 3.8) is 0 Å². The smallest absolute Gasteiger partial charge is 0.325 e. The van der Waals surface area contributed by atoms with Gasteiger partial charge in [0, 0.05) is 10.5 Å². The second-order valence-electron chi connectivity index (χ2n) is 8.16. The van der Waals surface area contributed by atoms with Crippen LogP contribution in [0.5, 0.6) is 0 Å². The van der Waals surface area contributed by atoms with E-state index in [-0.39, 0.29) is 21.1 Å². The van der Waals surface area contributed by atoms with Gasteiger partial charge in [-0.1, -0.05) is 62.3 Å². The van der Waals surface area contributed by atoms with E-state index in [0.717, 1.165) is 0 Å². The number of rotatable bonds is 7. The molecule has 0 aliphatic heterocycles. The Labute approximate surface area is 177 Å². The quantitative estimate of drug-likeness (QED) is 0.181. The van der Waals surface area contributed by atoms with E-state index in [1.807, 2.05) is 33.9 Å². The van der Waals surface area contributed by atoms with Crippen LogP contribution in [0.4, 0.5) is 0 Å². The summed E-state index contributed by atoms with van der Waals surface area (Å²) in [5, 5.41) is 3.26. The minimum absolute atomic E-state index is 0.0861. The lowest BCUT2D eigenvalue weighted by Crippen LogP contribution is -2.42. The molecule has 0 bridgehead atoms. The van der Waals surface area contributed by atoms with Crippen LogP contribution in [0.15, 0.2) is 64.6 Å². The first kappa shape index (κ1) is 23.6. The molecule has 0 aromatic heterocycles. The molecule has 0 amide bonds. The molecule has 0 radical (unpaired) electrons. The Morgan fingerprint density at radius 1 is 1.07 bits per heavy atom. The lowest BCUT2D eigenvalue weighted by atomic mass is 10.1. The summed E-state index contributed by atoms with van der Waals surface area (Å²) >= 11 is 0. The van der Waals surface area contributed by atoms with Crippen molar-refractivity contribution in [3.8, 4) is 0 Å². The summed E-state index contributed by atoms with van der Waals surface area (Å²) in [6, 6.07) is 13.6. The highest BCUT2D eigenvalue weighted by Gasteiger charge is 2.41. The molecular formula is C20H25N3O5SSi. The maximum Gasteiger partial charge on any atom is 0.325 e. The van der Waals surface area contributed by atoms with E-state index in [2.05, 4.69) is 10.0 Å². The zero-order chi connectivity index (χ0) is 22.6. The summed E-state index contributed by atoms with van der Waals surface area (Å²) in [4.78, 5) is 15.5. The highest BCUT2D eigenvalue weighted by molar-refractivity contribution is 7.86. The van der Waals surface area contributed by atoms with Crippen molar-refractivity contribution >= 4 is 24.4 Å². The van der Waals surface area contributed by atoms with E-state index in [0.29, 0.717) is 0 Å². The van der Waals surface area contributed by atoms with Gasteiger partial charge in [-0.25, -0.2) is 4.79 Å². The summed E-state index contributed by atoms with van der Waals surface area (Å²) in [6.45, 7) is 9.84. The molecule has 8 nitrogen and oxygen atoms in total. The Balaban J connectivity index is 2.44. The first-order valence-electron chi connectivity index (χ1n) is 9.24. The van der Waals surface area contributed by atoms with Gasteiger partial charge in [-0.2, -0.15) is 8.42 Å². The maximum atomic E-state index is 12.9. The number of benzene rings is 2. The van der Waals surface area contributed by atoms with Gasteiger partial charge in [-0.15, -0.1) is 0 Å². The van der Waals surface area contributed by atoms with Crippen molar-refractivity contribution < 1.29 is 21.8 Å². The molecule has 0 saturated heterocycles. The molecule has 0 N–H and O–H groups in total. The van der Waals surface area contributed by atoms with Gasteiger partial charge in [0.1, 0.15) is 0 Å². The van der Waals surface area contributed by atoms with E-state index < -0.39 is 30.6 Å². The van der Waals surface area contributed by atoms with Crippen molar-refractivity contribution in [2.24, 2.45) is 5.11 Å². The first-order chi connectivity index (χ1) is 13.9. The molecule has 2 aromatic carbocycles. The van der Waals surface area contributed by atoms with Crippen LogP contribution in [-0.2, 0) is 18.7 Å². The van der Waals surface area contributed by atoms with Crippen LogP contribution >= 0.6 is 0 Å². The molecule has 10 heteroatoms. The summed E-state index contributed by atoms with van der Waals surface area (Å²) < 4.78 is 36.3. The first-order valence-corrected chi connectivity index (χ1v) is 13.6. The number of hydrogen-bond acceptors (Lipinski definition) is 6. The molecule has 2 aromatic rings. The molecule has 30 heavy (non-hydrogen) atoms. The second kappa shape index (κ2) is 9.01. The standard InChI is InChI=1S/C20H25N3O5SSi/c1-20(2,3)30(4,5)28-19(24)17-14-10-9-13-16(17)18(22-23-21)27-29(25,26)15-11-7-6-8-12-15/h6-14,18H,1-5H3. The van der Waals surface area contributed by atoms with Crippen LogP contribution < -0.4 is 0 Å². The summed E-state index contributed by atoms with van der Waals surface area (Å²) in [5.41, 5.74) is 9.16. The normalized spacial score (nSPS) is 13.2. The number of azide groups is 1. The Kier molecular flexibility index (Phi) is 7.09. The Morgan fingerprint density at radius 2 is 1.63 bits per heavy atom. The zero-order valence-corrected chi connectivity index (χ0v) is 19.4. The van der Waals surface area contributed by atoms with Crippen molar-refractivity contribution in [2.75, 3.05) is 0 Å². The monoisotopic (exact) mass is 447 g/mol. The average molecular weight is 448 g/mol. The Hall–Kier alpha value is -2.65. The third-order valence-electron chi connectivity index (χ3n) is 5.01. The SMILES string of the molecule is CC(C)(C)[Si](C)(C)OC(=O)c1ccccc1C(N=[N+]=[N-])OS(=O)(=O)c1ccccc1. The average Bonchev–Trinajstić information content (AvgIpc) is 2.67. The van der Waals surface area contributed by atoms with Crippen LogP contribution in [0, 0.1) is 0 Å². The lowest BCUT2D eigenvalue weighted by Gasteiger charge is -2.35. The predicted molar refractivity (Wildman–Crippen MR) is 116 cm³/mol. The van der Waals surface area contributed by atoms with Gasteiger partial charge in [-0.3, -0.25) is 4.18 Å². The van der Waals surface area contributed by atoms with E-state index in [1.54, 1.807) is 30.3 Å². The van der Waals surface area contributed by atoms with Crippen molar-refractivity contribution in [1.29, 1.82) is 0 Å². The van der Waals surface area contributed by atoms with E-state index in [1.165, 1.54) is 24.3 Å². The molecule has 0 aliphatic rings. The third-order valence-corrected chi connectivity index (χ3v) is 10.6. The minimum Gasteiger partial charge on any atom is -0.516 e. The van der Waals surface area contributed by atoms with Gasteiger partial charge >= 0.3 is 5.97 Å². The van der Waals surface area contributed by atoms with Gasteiger partial charge in [0.25, 0.3) is 18.4 Å². The summed E-state index contributed by atoms with van der Waals surface area (Å²) in [5.74, 6) is -0.615. The topological polar surface area (TPSA) is 118 Å². The molecule has 2 rings (SSSR count). The Morgan fingerprint density at radius 3 is 2.20 bits per heavy atom. The molecule has 0 aliphatic carbocycles. The fourth-order valence-electron chi connectivity index (χ4n) is 2.28. The van der Waals surface area contributed by atoms with Gasteiger partial charge < -0.3 is 4.43 Å². The fourth-order valence-corrected chi connectivity index (χ4v) is 4.14. The molecule has 0 fully saturated rings. The molecule has 1 unspecified atom stereocenters. The minimum atomic E-state index is -4.24. The Bertz CT molecular complexity index is 1060. The number of carbonyl (C=O) groups excluding carboxylic acids is 1. The van der Waals surface area contributed by atoms with Gasteiger partial charge in [0.2, 0.25) is 0 Å². The lowest BCUT2D eigenvalue weighted by molar-refractivity contribution is 0.0707. The molecule has 1 atom stereocenters.